The predicted octanol–water partition coefficient (Wildman–Crippen LogP) is 2.98. The van der Waals surface area contributed by atoms with Crippen LogP contribution < -0.4 is 4.74 Å². The third-order valence-corrected chi connectivity index (χ3v) is 5.02. The van der Waals surface area contributed by atoms with Crippen LogP contribution in [0.15, 0.2) is 42.6 Å². The lowest BCUT2D eigenvalue weighted by atomic mass is 10.3. The Kier molecular flexibility index (Phi) is 6.33. The van der Waals surface area contributed by atoms with Crippen LogP contribution in [0, 0.1) is 0 Å². The van der Waals surface area contributed by atoms with E-state index in [9.17, 15) is 0 Å². The molecule has 0 spiro atoms. The highest BCUT2D eigenvalue weighted by Crippen LogP contribution is 2.27. The Labute approximate surface area is 151 Å². The maximum atomic E-state index is 9.02. The summed E-state index contributed by atoms with van der Waals surface area (Å²) >= 11 is 1.68. The molecule has 0 fully saturated rings. The number of hydrogen-bond donors (Lipinski definition) is 1. The Morgan fingerprint density at radius 1 is 1.20 bits per heavy atom. The summed E-state index contributed by atoms with van der Waals surface area (Å²) in [6, 6.07) is 12.0. The molecule has 2 heterocycles. The van der Waals surface area contributed by atoms with E-state index in [1.54, 1.807) is 11.3 Å². The van der Waals surface area contributed by atoms with Crippen LogP contribution in [0.25, 0.3) is 10.2 Å². The molecule has 132 valence electrons. The Morgan fingerprint density at radius 2 is 2.12 bits per heavy atom. The SMILES string of the molecule is CCN(CCO)CCOc1ccc2nc(Cc3ccccn3)sc2c1. The number of thiazole rings is 1. The van der Waals surface area contributed by atoms with Crippen LogP contribution in [0.4, 0.5) is 0 Å². The zero-order valence-corrected chi connectivity index (χ0v) is 15.2. The molecule has 25 heavy (non-hydrogen) atoms. The van der Waals surface area contributed by atoms with Gasteiger partial charge in [-0.25, -0.2) is 4.98 Å². The van der Waals surface area contributed by atoms with Gasteiger partial charge in [0.05, 0.1) is 21.8 Å². The maximum Gasteiger partial charge on any atom is 0.120 e. The van der Waals surface area contributed by atoms with Crippen molar-refractivity contribution in [3.8, 4) is 5.75 Å². The molecule has 0 aliphatic rings. The zero-order valence-electron chi connectivity index (χ0n) is 14.4. The van der Waals surface area contributed by atoms with Crippen molar-refractivity contribution in [2.24, 2.45) is 0 Å². The fourth-order valence-corrected chi connectivity index (χ4v) is 3.65. The van der Waals surface area contributed by atoms with Crippen molar-refractivity contribution >= 4 is 21.6 Å². The van der Waals surface area contributed by atoms with Crippen LogP contribution in [0.2, 0.25) is 0 Å². The minimum Gasteiger partial charge on any atom is -0.492 e. The Balaban J connectivity index is 1.62. The summed E-state index contributed by atoms with van der Waals surface area (Å²) < 4.78 is 6.99. The van der Waals surface area contributed by atoms with Crippen molar-refractivity contribution in [3.63, 3.8) is 0 Å². The summed E-state index contributed by atoms with van der Waals surface area (Å²) in [6.45, 7) is 5.28. The number of rotatable bonds is 9. The van der Waals surface area contributed by atoms with Crippen molar-refractivity contribution in [2.45, 2.75) is 13.3 Å². The van der Waals surface area contributed by atoms with Gasteiger partial charge in [-0.15, -0.1) is 11.3 Å². The first-order valence-corrected chi connectivity index (χ1v) is 9.35. The second-order valence-electron chi connectivity index (χ2n) is 5.74. The standard InChI is InChI=1S/C19H23N3O2S/c1-2-22(9-11-23)10-12-24-16-6-7-17-18(14-16)25-19(21-17)13-15-5-3-4-8-20-15/h3-8,14,23H,2,9-13H2,1H3. The first-order valence-electron chi connectivity index (χ1n) is 8.54. The lowest BCUT2D eigenvalue weighted by Crippen LogP contribution is -2.30. The number of aromatic nitrogens is 2. The number of aliphatic hydroxyl groups is 1. The molecule has 0 aliphatic carbocycles. The summed E-state index contributed by atoms with van der Waals surface area (Å²) in [7, 11) is 0. The van der Waals surface area contributed by atoms with E-state index in [2.05, 4.69) is 27.9 Å². The molecular formula is C19H23N3O2S. The first kappa shape index (κ1) is 17.8. The lowest BCUT2D eigenvalue weighted by Gasteiger charge is -2.19. The minimum atomic E-state index is 0.180. The number of aliphatic hydroxyl groups excluding tert-OH is 1. The van der Waals surface area contributed by atoms with Crippen molar-refractivity contribution in [1.82, 2.24) is 14.9 Å². The lowest BCUT2D eigenvalue weighted by molar-refractivity contribution is 0.174. The quantitative estimate of drug-likeness (QED) is 0.638. The average Bonchev–Trinajstić information content (AvgIpc) is 3.03. The molecule has 6 heteroatoms. The molecule has 0 atom stereocenters. The molecular weight excluding hydrogens is 334 g/mol. The highest BCUT2D eigenvalue weighted by Gasteiger charge is 2.07. The molecule has 2 aromatic heterocycles. The van der Waals surface area contributed by atoms with Crippen molar-refractivity contribution in [1.29, 1.82) is 0 Å². The Hall–Kier alpha value is -2.02. The molecule has 0 amide bonds. The molecule has 0 saturated carbocycles. The van der Waals surface area contributed by atoms with Gasteiger partial charge < -0.3 is 9.84 Å². The van der Waals surface area contributed by atoms with Crippen LogP contribution in [0.3, 0.4) is 0 Å². The van der Waals surface area contributed by atoms with Crippen molar-refractivity contribution in [3.05, 3.63) is 53.3 Å². The van der Waals surface area contributed by atoms with Crippen molar-refractivity contribution in [2.75, 3.05) is 32.8 Å². The van der Waals surface area contributed by atoms with E-state index in [4.69, 9.17) is 9.84 Å². The van der Waals surface area contributed by atoms with Gasteiger partial charge in [0.15, 0.2) is 0 Å². The average molecular weight is 357 g/mol. The van der Waals surface area contributed by atoms with Gasteiger partial charge in [0, 0.05) is 31.4 Å². The first-order chi connectivity index (χ1) is 12.3. The van der Waals surface area contributed by atoms with E-state index in [0.29, 0.717) is 13.2 Å². The second-order valence-corrected chi connectivity index (χ2v) is 6.86. The van der Waals surface area contributed by atoms with Gasteiger partial charge in [0.25, 0.3) is 0 Å². The molecule has 0 aliphatic heterocycles. The summed E-state index contributed by atoms with van der Waals surface area (Å²) in [6.07, 6.45) is 2.56. The fraction of sp³-hybridized carbons (Fsp3) is 0.368. The summed E-state index contributed by atoms with van der Waals surface area (Å²) in [4.78, 5) is 11.2. The smallest absolute Gasteiger partial charge is 0.120 e. The van der Waals surface area contributed by atoms with E-state index in [0.717, 1.165) is 46.2 Å². The highest BCUT2D eigenvalue weighted by molar-refractivity contribution is 7.18. The number of ether oxygens (including phenoxy) is 1. The third-order valence-electron chi connectivity index (χ3n) is 4.00. The van der Waals surface area contributed by atoms with E-state index >= 15 is 0 Å². The Morgan fingerprint density at radius 3 is 2.88 bits per heavy atom. The summed E-state index contributed by atoms with van der Waals surface area (Å²) in [5.74, 6) is 0.862. The molecule has 3 rings (SSSR count). The number of fused-ring (bicyclic) bond motifs is 1. The summed E-state index contributed by atoms with van der Waals surface area (Å²) in [5.41, 5.74) is 2.03. The van der Waals surface area contributed by atoms with E-state index in [1.165, 1.54) is 0 Å². The number of nitrogens with zero attached hydrogens (tertiary/aromatic N) is 3. The normalized spacial score (nSPS) is 11.3. The minimum absolute atomic E-state index is 0.180. The molecule has 1 N–H and O–H groups in total. The van der Waals surface area contributed by atoms with Gasteiger partial charge in [-0.2, -0.15) is 0 Å². The van der Waals surface area contributed by atoms with Crippen LogP contribution in [0.1, 0.15) is 17.6 Å². The fourth-order valence-electron chi connectivity index (χ4n) is 2.64. The van der Waals surface area contributed by atoms with Gasteiger partial charge in [-0.05, 0) is 36.9 Å². The molecule has 0 bridgehead atoms. The van der Waals surface area contributed by atoms with E-state index in [-0.39, 0.29) is 6.61 Å². The Bertz CT molecular complexity index is 792. The number of hydrogen-bond acceptors (Lipinski definition) is 6. The largest absolute Gasteiger partial charge is 0.492 e. The second kappa shape index (κ2) is 8.89. The topological polar surface area (TPSA) is 58.5 Å². The van der Waals surface area contributed by atoms with Gasteiger partial charge in [-0.3, -0.25) is 9.88 Å². The monoisotopic (exact) mass is 357 g/mol. The van der Waals surface area contributed by atoms with E-state index in [1.807, 2.05) is 36.5 Å². The van der Waals surface area contributed by atoms with Gasteiger partial charge in [0.2, 0.25) is 0 Å². The molecule has 0 unspecified atom stereocenters. The highest BCUT2D eigenvalue weighted by atomic mass is 32.1. The molecule has 3 aromatic rings. The van der Waals surface area contributed by atoms with Crippen LogP contribution in [-0.4, -0.2) is 52.8 Å². The zero-order chi connectivity index (χ0) is 17.5. The van der Waals surface area contributed by atoms with Crippen molar-refractivity contribution < 1.29 is 9.84 Å². The van der Waals surface area contributed by atoms with Gasteiger partial charge in [0.1, 0.15) is 12.4 Å². The number of likely N-dealkylation sites (N-methyl/N-ethyl adjacent to an activating group) is 1. The van der Waals surface area contributed by atoms with Crippen LogP contribution in [0.5, 0.6) is 5.75 Å². The van der Waals surface area contributed by atoms with Crippen LogP contribution >= 0.6 is 11.3 Å². The molecule has 5 nitrogen and oxygen atoms in total. The third kappa shape index (κ3) is 4.98. The molecule has 0 radical (unpaired) electrons. The maximum absolute atomic E-state index is 9.02. The number of pyridine rings is 1. The van der Waals surface area contributed by atoms with Crippen LogP contribution in [-0.2, 0) is 6.42 Å². The number of benzene rings is 1. The van der Waals surface area contributed by atoms with Gasteiger partial charge in [-0.1, -0.05) is 13.0 Å². The predicted molar refractivity (Wildman–Crippen MR) is 101 cm³/mol. The summed E-state index contributed by atoms with van der Waals surface area (Å²) in [5, 5.41) is 10.1. The molecule has 1 aromatic carbocycles. The molecule has 0 saturated heterocycles. The van der Waals surface area contributed by atoms with Gasteiger partial charge >= 0.3 is 0 Å². The van der Waals surface area contributed by atoms with E-state index < -0.39 is 0 Å².